The molecule has 3 heterocycles. The van der Waals surface area contributed by atoms with Gasteiger partial charge < -0.3 is 13.9 Å². The highest BCUT2D eigenvalue weighted by Gasteiger charge is 2.21. The molecule has 3 aromatic heterocycles. The van der Waals surface area contributed by atoms with Crippen molar-refractivity contribution in [1.82, 2.24) is 19.7 Å². The molecular weight excluding hydrogens is 376 g/mol. The zero-order valence-electron chi connectivity index (χ0n) is 15.3. The van der Waals surface area contributed by atoms with Crippen molar-refractivity contribution in [1.29, 1.82) is 0 Å². The quantitative estimate of drug-likeness (QED) is 0.680. The van der Waals surface area contributed by atoms with Gasteiger partial charge in [0.05, 0.1) is 5.69 Å². The Bertz CT molecular complexity index is 1100. The van der Waals surface area contributed by atoms with Gasteiger partial charge in [-0.15, -0.1) is 10.6 Å². The fraction of sp³-hybridized carbons (Fsp3) is 0.263. The van der Waals surface area contributed by atoms with Crippen LogP contribution in [0, 0.1) is 0 Å². The summed E-state index contributed by atoms with van der Waals surface area (Å²) in [6.45, 7) is 2.58. The van der Waals surface area contributed by atoms with Crippen molar-refractivity contribution >= 4 is 22.3 Å². The number of hydrogen-bond acceptors (Lipinski definition) is 6. The summed E-state index contributed by atoms with van der Waals surface area (Å²) in [5, 5.41) is 7.23. The zero-order valence-corrected chi connectivity index (χ0v) is 16.1. The Morgan fingerprint density at radius 2 is 2.11 bits per heavy atom. The smallest absolute Gasteiger partial charge is 0.322 e. The monoisotopic (exact) mass is 395 g/mol. The lowest BCUT2D eigenvalue weighted by molar-refractivity contribution is 0.260. The zero-order chi connectivity index (χ0) is 19.5. The molecule has 1 aliphatic rings. The van der Waals surface area contributed by atoms with Gasteiger partial charge in [0.25, 0.3) is 0 Å². The van der Waals surface area contributed by atoms with Gasteiger partial charge in [-0.1, -0.05) is 0 Å². The van der Waals surface area contributed by atoms with E-state index in [2.05, 4.69) is 24.7 Å². The third kappa shape index (κ3) is 3.65. The fourth-order valence-electron chi connectivity index (χ4n) is 3.27. The largest absolute Gasteiger partial charge is 0.438 e. The highest BCUT2D eigenvalue weighted by Crippen LogP contribution is 2.36. The first kappa shape index (κ1) is 18.3. The molecule has 0 radical (unpaired) electrons. The van der Waals surface area contributed by atoms with Crippen LogP contribution in [-0.4, -0.2) is 25.8 Å². The minimum absolute atomic E-state index is 0.256. The molecule has 0 saturated heterocycles. The second-order valence-electron chi connectivity index (χ2n) is 6.34. The van der Waals surface area contributed by atoms with Gasteiger partial charge in [-0.05, 0) is 55.5 Å². The molecule has 0 fully saturated rings. The average molecular weight is 395 g/mol. The number of carbonyl (C=O) groups is 1. The highest BCUT2D eigenvalue weighted by molar-refractivity contribution is 7.75. The second-order valence-corrected chi connectivity index (χ2v) is 7.44. The first-order chi connectivity index (χ1) is 13.7. The summed E-state index contributed by atoms with van der Waals surface area (Å²) in [6.07, 6.45) is 9.55. The summed E-state index contributed by atoms with van der Waals surface area (Å²) in [4.78, 5) is 21.1. The molecule has 1 aliphatic carbocycles. The number of hydrogen-bond donors (Lipinski definition) is 1. The van der Waals surface area contributed by atoms with Crippen LogP contribution in [0.1, 0.15) is 24.6 Å². The SMILES string of the molecule is CCn1ccc([S-](=O)=NC(=O)Nc2c(-c3ccncc3)cnc3c2CCC3)n1. The topological polar surface area (TPSA) is 102 Å². The third-order valence-electron chi connectivity index (χ3n) is 4.62. The molecule has 0 unspecified atom stereocenters. The van der Waals surface area contributed by atoms with Crippen LogP contribution in [0.3, 0.4) is 0 Å². The Balaban J connectivity index is 1.67. The predicted octanol–water partition coefficient (Wildman–Crippen LogP) is 3.59. The number of aryl methyl sites for hydroxylation is 2. The lowest BCUT2D eigenvalue weighted by Gasteiger charge is -2.15. The van der Waals surface area contributed by atoms with Crippen molar-refractivity contribution in [3.8, 4) is 11.1 Å². The molecule has 0 aromatic carbocycles. The van der Waals surface area contributed by atoms with Crippen LogP contribution in [0.5, 0.6) is 0 Å². The molecule has 3 aromatic rings. The molecule has 28 heavy (non-hydrogen) atoms. The average Bonchev–Trinajstić information content (AvgIpc) is 3.38. The molecule has 0 bridgehead atoms. The van der Waals surface area contributed by atoms with E-state index in [-0.39, 0.29) is 5.03 Å². The van der Waals surface area contributed by atoms with Crippen LogP contribution < -0.4 is 5.32 Å². The van der Waals surface area contributed by atoms with Gasteiger partial charge in [0, 0.05) is 47.6 Å². The molecule has 0 saturated carbocycles. The van der Waals surface area contributed by atoms with Gasteiger partial charge in [0.2, 0.25) is 0 Å². The Kier molecular flexibility index (Phi) is 5.16. The Morgan fingerprint density at radius 1 is 1.29 bits per heavy atom. The van der Waals surface area contributed by atoms with Gasteiger partial charge in [-0.25, -0.2) is 4.79 Å². The summed E-state index contributed by atoms with van der Waals surface area (Å²) < 4.78 is 17.8. The van der Waals surface area contributed by atoms with Gasteiger partial charge in [0.1, 0.15) is 0 Å². The Labute approximate surface area is 164 Å². The van der Waals surface area contributed by atoms with E-state index in [1.165, 1.54) is 0 Å². The van der Waals surface area contributed by atoms with Crippen molar-refractivity contribution < 1.29 is 9.00 Å². The van der Waals surface area contributed by atoms with Gasteiger partial charge >= 0.3 is 6.03 Å². The van der Waals surface area contributed by atoms with E-state index in [9.17, 15) is 9.00 Å². The number of urea groups is 1. The predicted molar refractivity (Wildman–Crippen MR) is 105 cm³/mol. The maximum atomic E-state index is 12.5. The van der Waals surface area contributed by atoms with Crippen molar-refractivity contribution in [2.45, 2.75) is 37.8 Å². The number of fused-ring (bicyclic) bond motifs is 1. The van der Waals surface area contributed by atoms with Crippen molar-refractivity contribution in [2.75, 3.05) is 5.32 Å². The number of aromatic nitrogens is 4. The minimum Gasteiger partial charge on any atom is -0.438 e. The molecule has 1 N–H and O–H groups in total. The number of nitrogens with zero attached hydrogens (tertiary/aromatic N) is 5. The van der Waals surface area contributed by atoms with Crippen LogP contribution in [0.4, 0.5) is 10.5 Å². The van der Waals surface area contributed by atoms with Crippen LogP contribution in [-0.2, 0) is 34.2 Å². The molecule has 0 atom stereocenters. The fourth-order valence-corrected chi connectivity index (χ4v) is 3.91. The highest BCUT2D eigenvalue weighted by atomic mass is 32.2. The van der Waals surface area contributed by atoms with Crippen molar-refractivity contribution in [2.24, 2.45) is 4.36 Å². The van der Waals surface area contributed by atoms with E-state index >= 15 is 0 Å². The third-order valence-corrected chi connectivity index (χ3v) is 5.52. The molecule has 4 rings (SSSR count). The summed E-state index contributed by atoms with van der Waals surface area (Å²) in [6, 6.07) is 4.66. The van der Waals surface area contributed by atoms with Gasteiger partial charge in [-0.2, -0.15) is 5.10 Å². The van der Waals surface area contributed by atoms with E-state index in [4.69, 9.17) is 0 Å². The normalized spacial score (nSPS) is 14.0. The van der Waals surface area contributed by atoms with Crippen molar-refractivity contribution in [3.05, 3.63) is 54.2 Å². The van der Waals surface area contributed by atoms with Crippen LogP contribution >= 0.6 is 0 Å². The molecule has 9 heteroatoms. The minimum atomic E-state index is -1.86. The Hall–Kier alpha value is -3.07. The molecule has 2 amide bonds. The van der Waals surface area contributed by atoms with Gasteiger partial charge in [-0.3, -0.25) is 14.6 Å². The van der Waals surface area contributed by atoms with Crippen LogP contribution in [0.15, 0.2) is 52.4 Å². The molecular formula is C19H19N6O2S-. The maximum Gasteiger partial charge on any atom is 0.322 e. The molecule has 8 nitrogen and oxygen atoms in total. The number of rotatable bonds is 4. The summed E-state index contributed by atoms with van der Waals surface area (Å²) in [5.41, 5.74) is 4.37. The van der Waals surface area contributed by atoms with E-state index < -0.39 is 16.6 Å². The number of anilines is 1. The first-order valence-corrected chi connectivity index (χ1v) is 10.2. The number of pyridine rings is 2. The van der Waals surface area contributed by atoms with E-state index in [1.54, 1.807) is 35.5 Å². The Morgan fingerprint density at radius 3 is 2.86 bits per heavy atom. The first-order valence-electron chi connectivity index (χ1n) is 9.05. The molecule has 0 spiro atoms. The standard InChI is InChI=1S/C19H19N6O2S/c1-2-25-11-8-17(23-25)28(27)24-19(26)22-18-14-4-3-5-16(14)21-12-15(18)13-6-9-20-10-7-13/h6-12H,2-5H2,1H3,(H,21,22,26)/q-1. The van der Waals surface area contributed by atoms with E-state index in [0.717, 1.165) is 41.6 Å². The summed E-state index contributed by atoms with van der Waals surface area (Å²) in [7, 11) is -1.86. The van der Waals surface area contributed by atoms with Crippen LogP contribution in [0.2, 0.25) is 0 Å². The molecule has 0 aliphatic heterocycles. The second kappa shape index (κ2) is 7.89. The summed E-state index contributed by atoms with van der Waals surface area (Å²) >= 11 is 0. The lowest BCUT2D eigenvalue weighted by Crippen LogP contribution is -2.11. The lowest BCUT2D eigenvalue weighted by atomic mass is 10.0. The number of carbonyl (C=O) groups excluding carboxylic acids is 1. The maximum absolute atomic E-state index is 12.5. The van der Waals surface area contributed by atoms with Crippen LogP contribution in [0.25, 0.3) is 11.1 Å². The number of nitrogens with one attached hydrogen (secondary N) is 1. The van der Waals surface area contributed by atoms with Gasteiger partial charge in [0.15, 0.2) is 0 Å². The molecule has 144 valence electrons. The summed E-state index contributed by atoms with van der Waals surface area (Å²) in [5.74, 6) is 0. The van der Waals surface area contributed by atoms with E-state index in [1.807, 2.05) is 19.1 Å². The van der Waals surface area contributed by atoms with E-state index in [0.29, 0.717) is 12.2 Å². The van der Waals surface area contributed by atoms with Crippen molar-refractivity contribution in [3.63, 3.8) is 0 Å². The number of amides is 2.